The molecule has 2 N–H and O–H groups in total. The van der Waals surface area contributed by atoms with Gasteiger partial charge in [0.15, 0.2) is 0 Å². The molecule has 1 saturated heterocycles. The van der Waals surface area contributed by atoms with Crippen LogP contribution in [0.4, 0.5) is 5.69 Å². The Morgan fingerprint density at radius 2 is 2.04 bits per heavy atom. The van der Waals surface area contributed by atoms with Crippen molar-refractivity contribution in [3.8, 4) is 0 Å². The maximum Gasteiger partial charge on any atom is 0.251 e. The first kappa shape index (κ1) is 17.3. The third-order valence-electron chi connectivity index (χ3n) is 4.56. The van der Waals surface area contributed by atoms with Crippen molar-refractivity contribution in [2.24, 2.45) is 0 Å². The molecule has 0 unspecified atom stereocenters. The quantitative estimate of drug-likeness (QED) is 0.586. The molecule has 2 heterocycles. The van der Waals surface area contributed by atoms with E-state index in [1.165, 1.54) is 0 Å². The Morgan fingerprint density at radius 3 is 2.88 bits per heavy atom. The molecule has 1 fully saturated rings. The first-order valence-electron chi connectivity index (χ1n) is 8.55. The summed E-state index contributed by atoms with van der Waals surface area (Å²) in [5.74, 6) is -0.0827. The molecule has 0 atom stereocenters. The number of carbonyl (C=O) groups is 1. The first-order chi connectivity index (χ1) is 12.7. The number of ether oxygens (including phenoxy) is 1. The molecule has 1 amide bonds. The number of carbonyl (C=O) groups excluding carboxylic acids is 1. The highest BCUT2D eigenvalue weighted by Gasteiger charge is 2.15. The summed E-state index contributed by atoms with van der Waals surface area (Å²) in [6, 6.07) is 13.8. The standard InChI is InChI=1S/C19H19IN4O2/c20-18-15-11-13(5-6-16(15)22-23-18)19(25)21-12-14-3-1-2-4-17(14)24-7-9-26-10-8-24/h1-6,11H,7-10,12H2,(H,21,25)(H,22,23). The van der Waals surface area contributed by atoms with Crippen LogP contribution in [0.25, 0.3) is 10.9 Å². The summed E-state index contributed by atoms with van der Waals surface area (Å²) >= 11 is 2.16. The van der Waals surface area contributed by atoms with E-state index in [0.29, 0.717) is 12.1 Å². The number of aromatic nitrogens is 2. The summed E-state index contributed by atoms with van der Waals surface area (Å²) in [5, 5.41) is 11.1. The minimum atomic E-state index is -0.0827. The SMILES string of the molecule is O=C(NCc1ccccc1N1CCOCC1)c1ccc2[nH]nc(I)c2c1. The van der Waals surface area contributed by atoms with Crippen LogP contribution in [0, 0.1) is 3.70 Å². The highest BCUT2D eigenvalue weighted by molar-refractivity contribution is 14.1. The van der Waals surface area contributed by atoms with Crippen LogP contribution >= 0.6 is 22.6 Å². The Hall–Kier alpha value is -2.13. The lowest BCUT2D eigenvalue weighted by molar-refractivity contribution is 0.0951. The second-order valence-corrected chi connectivity index (χ2v) is 7.21. The van der Waals surface area contributed by atoms with Gasteiger partial charge in [0.2, 0.25) is 0 Å². The van der Waals surface area contributed by atoms with Crippen LogP contribution < -0.4 is 10.2 Å². The van der Waals surface area contributed by atoms with Crippen LogP contribution in [-0.2, 0) is 11.3 Å². The third kappa shape index (κ3) is 3.54. The van der Waals surface area contributed by atoms with Gasteiger partial charge in [0.25, 0.3) is 5.91 Å². The number of aromatic amines is 1. The Labute approximate surface area is 165 Å². The Kier molecular flexibility index (Phi) is 5.07. The lowest BCUT2D eigenvalue weighted by Crippen LogP contribution is -2.37. The van der Waals surface area contributed by atoms with Crippen LogP contribution in [0.1, 0.15) is 15.9 Å². The van der Waals surface area contributed by atoms with Crippen molar-refractivity contribution in [1.82, 2.24) is 15.5 Å². The molecule has 3 aromatic rings. The van der Waals surface area contributed by atoms with Gasteiger partial charge in [-0.2, -0.15) is 5.10 Å². The maximum absolute atomic E-state index is 12.6. The predicted molar refractivity (Wildman–Crippen MR) is 109 cm³/mol. The molecule has 2 aromatic carbocycles. The van der Waals surface area contributed by atoms with Crippen LogP contribution in [0.5, 0.6) is 0 Å². The molecular weight excluding hydrogens is 443 g/mol. The lowest BCUT2D eigenvalue weighted by Gasteiger charge is -2.30. The largest absolute Gasteiger partial charge is 0.378 e. The molecule has 7 heteroatoms. The maximum atomic E-state index is 12.6. The third-order valence-corrected chi connectivity index (χ3v) is 5.38. The van der Waals surface area contributed by atoms with Crippen molar-refractivity contribution in [2.75, 3.05) is 31.2 Å². The molecule has 1 aromatic heterocycles. The number of hydrogen-bond acceptors (Lipinski definition) is 4. The Balaban J connectivity index is 1.49. The van der Waals surface area contributed by atoms with E-state index < -0.39 is 0 Å². The molecule has 0 radical (unpaired) electrons. The zero-order chi connectivity index (χ0) is 17.9. The van der Waals surface area contributed by atoms with Gasteiger partial charge in [-0.15, -0.1) is 0 Å². The molecule has 0 bridgehead atoms. The molecule has 134 valence electrons. The van der Waals surface area contributed by atoms with E-state index in [1.807, 2.05) is 30.3 Å². The van der Waals surface area contributed by atoms with Gasteiger partial charge in [-0.1, -0.05) is 18.2 Å². The zero-order valence-electron chi connectivity index (χ0n) is 14.2. The van der Waals surface area contributed by atoms with Crippen molar-refractivity contribution in [1.29, 1.82) is 0 Å². The van der Waals surface area contributed by atoms with Gasteiger partial charge in [0, 0.05) is 36.3 Å². The minimum Gasteiger partial charge on any atom is -0.378 e. The fourth-order valence-corrected chi connectivity index (χ4v) is 3.74. The van der Waals surface area contributed by atoms with E-state index in [4.69, 9.17) is 4.74 Å². The van der Waals surface area contributed by atoms with E-state index in [-0.39, 0.29) is 5.91 Å². The number of halogens is 1. The number of morpholine rings is 1. The summed E-state index contributed by atoms with van der Waals surface area (Å²) < 4.78 is 6.30. The molecule has 4 rings (SSSR count). The van der Waals surface area contributed by atoms with Crippen LogP contribution in [0.15, 0.2) is 42.5 Å². The van der Waals surface area contributed by atoms with Crippen molar-refractivity contribution < 1.29 is 9.53 Å². The van der Waals surface area contributed by atoms with E-state index in [0.717, 1.165) is 52.2 Å². The van der Waals surface area contributed by atoms with Crippen molar-refractivity contribution in [2.45, 2.75) is 6.54 Å². The Bertz CT molecular complexity index is 934. The van der Waals surface area contributed by atoms with Crippen molar-refractivity contribution in [3.05, 3.63) is 57.3 Å². The smallest absolute Gasteiger partial charge is 0.251 e. The summed E-state index contributed by atoms with van der Waals surface area (Å²) in [5.41, 5.74) is 3.85. The van der Waals surface area contributed by atoms with E-state index in [9.17, 15) is 4.79 Å². The van der Waals surface area contributed by atoms with Crippen molar-refractivity contribution >= 4 is 45.1 Å². The van der Waals surface area contributed by atoms with Gasteiger partial charge < -0.3 is 15.0 Å². The number of rotatable bonds is 4. The summed E-state index contributed by atoms with van der Waals surface area (Å²) in [6.45, 7) is 3.72. The van der Waals surface area contributed by atoms with Gasteiger partial charge in [0.05, 0.1) is 18.7 Å². The van der Waals surface area contributed by atoms with Gasteiger partial charge in [-0.3, -0.25) is 9.89 Å². The molecule has 1 aliphatic rings. The Morgan fingerprint density at radius 1 is 1.23 bits per heavy atom. The number of para-hydroxylation sites is 1. The summed E-state index contributed by atoms with van der Waals surface area (Å²) in [4.78, 5) is 14.9. The number of amides is 1. The summed E-state index contributed by atoms with van der Waals surface area (Å²) in [7, 11) is 0. The van der Waals surface area contributed by atoms with Crippen molar-refractivity contribution in [3.63, 3.8) is 0 Å². The molecule has 6 nitrogen and oxygen atoms in total. The lowest BCUT2D eigenvalue weighted by atomic mass is 10.1. The number of anilines is 1. The molecule has 26 heavy (non-hydrogen) atoms. The van der Waals surface area contributed by atoms with Gasteiger partial charge in [-0.05, 0) is 52.4 Å². The predicted octanol–water partition coefficient (Wildman–Crippen LogP) is 2.93. The monoisotopic (exact) mass is 462 g/mol. The number of benzene rings is 2. The van der Waals surface area contributed by atoms with E-state index in [1.54, 1.807) is 0 Å². The van der Waals surface area contributed by atoms with Crippen LogP contribution in [0.2, 0.25) is 0 Å². The average Bonchev–Trinajstić information content (AvgIpc) is 3.07. The fourth-order valence-electron chi connectivity index (χ4n) is 3.17. The molecule has 1 aliphatic heterocycles. The topological polar surface area (TPSA) is 70.2 Å². The van der Waals surface area contributed by atoms with E-state index >= 15 is 0 Å². The fraction of sp³-hybridized carbons (Fsp3) is 0.263. The van der Waals surface area contributed by atoms with Gasteiger partial charge in [0.1, 0.15) is 3.70 Å². The molecular formula is C19H19IN4O2. The minimum absolute atomic E-state index is 0.0827. The van der Waals surface area contributed by atoms with Crippen LogP contribution in [0.3, 0.4) is 0 Å². The van der Waals surface area contributed by atoms with Gasteiger partial charge >= 0.3 is 0 Å². The second-order valence-electron chi connectivity index (χ2n) is 6.19. The van der Waals surface area contributed by atoms with Crippen LogP contribution in [-0.4, -0.2) is 42.4 Å². The second kappa shape index (κ2) is 7.63. The number of hydrogen-bond donors (Lipinski definition) is 2. The first-order valence-corrected chi connectivity index (χ1v) is 9.62. The van der Waals surface area contributed by atoms with E-state index in [2.05, 4.69) is 55.1 Å². The molecule has 0 saturated carbocycles. The van der Waals surface area contributed by atoms with Gasteiger partial charge in [-0.25, -0.2) is 0 Å². The number of fused-ring (bicyclic) bond motifs is 1. The average molecular weight is 462 g/mol. The number of nitrogens with one attached hydrogen (secondary N) is 2. The highest BCUT2D eigenvalue weighted by atomic mass is 127. The number of nitrogens with zero attached hydrogens (tertiary/aromatic N) is 2. The molecule has 0 aliphatic carbocycles. The number of H-pyrrole nitrogens is 1. The zero-order valence-corrected chi connectivity index (χ0v) is 16.3. The summed E-state index contributed by atoms with van der Waals surface area (Å²) in [6.07, 6.45) is 0. The molecule has 0 spiro atoms. The highest BCUT2D eigenvalue weighted by Crippen LogP contribution is 2.22. The normalized spacial score (nSPS) is 14.6.